The zero-order valence-electron chi connectivity index (χ0n) is 14.4. The molecule has 26 heavy (non-hydrogen) atoms. The molecule has 0 radical (unpaired) electrons. The molecule has 1 amide bonds. The SMILES string of the molecule is CCOC(=O)c1ccc(NC(=O)c2nn(C)c(=O)c3ccccc23)cc1. The first-order chi connectivity index (χ1) is 12.5. The highest BCUT2D eigenvalue weighted by Crippen LogP contribution is 2.16. The lowest BCUT2D eigenvalue weighted by Gasteiger charge is -2.09. The third-order valence-corrected chi connectivity index (χ3v) is 3.83. The van der Waals surface area contributed by atoms with Gasteiger partial charge in [0.05, 0.1) is 17.6 Å². The van der Waals surface area contributed by atoms with Crippen LogP contribution in [-0.4, -0.2) is 28.3 Å². The fourth-order valence-corrected chi connectivity index (χ4v) is 2.56. The van der Waals surface area contributed by atoms with Crippen molar-refractivity contribution in [3.8, 4) is 0 Å². The Morgan fingerprint density at radius 1 is 1.08 bits per heavy atom. The summed E-state index contributed by atoms with van der Waals surface area (Å²) in [7, 11) is 1.50. The molecule has 0 spiro atoms. The van der Waals surface area contributed by atoms with Crippen molar-refractivity contribution in [1.29, 1.82) is 0 Å². The Labute approximate surface area is 149 Å². The van der Waals surface area contributed by atoms with E-state index in [1.54, 1.807) is 55.5 Å². The van der Waals surface area contributed by atoms with Crippen molar-refractivity contribution in [3.63, 3.8) is 0 Å². The van der Waals surface area contributed by atoms with Crippen molar-refractivity contribution < 1.29 is 14.3 Å². The van der Waals surface area contributed by atoms with Gasteiger partial charge in [-0.2, -0.15) is 5.10 Å². The van der Waals surface area contributed by atoms with Crippen LogP contribution >= 0.6 is 0 Å². The predicted molar refractivity (Wildman–Crippen MR) is 97.3 cm³/mol. The van der Waals surface area contributed by atoms with Crippen molar-refractivity contribution in [2.24, 2.45) is 7.05 Å². The quantitative estimate of drug-likeness (QED) is 0.729. The van der Waals surface area contributed by atoms with E-state index < -0.39 is 11.9 Å². The van der Waals surface area contributed by atoms with Gasteiger partial charge in [-0.25, -0.2) is 9.48 Å². The summed E-state index contributed by atoms with van der Waals surface area (Å²) in [4.78, 5) is 36.4. The molecule has 2 aromatic carbocycles. The van der Waals surface area contributed by atoms with E-state index in [0.717, 1.165) is 4.68 Å². The first kappa shape index (κ1) is 17.3. The highest BCUT2D eigenvalue weighted by Gasteiger charge is 2.16. The second-order valence-corrected chi connectivity index (χ2v) is 5.57. The van der Waals surface area contributed by atoms with Crippen LogP contribution in [0.15, 0.2) is 53.3 Å². The van der Waals surface area contributed by atoms with Crippen LogP contribution in [0.3, 0.4) is 0 Å². The molecule has 1 heterocycles. The lowest BCUT2D eigenvalue weighted by molar-refractivity contribution is 0.0526. The van der Waals surface area contributed by atoms with Crippen LogP contribution in [0.1, 0.15) is 27.8 Å². The zero-order valence-corrected chi connectivity index (χ0v) is 14.4. The van der Waals surface area contributed by atoms with Crippen LogP contribution in [0, 0.1) is 0 Å². The van der Waals surface area contributed by atoms with Crippen molar-refractivity contribution in [2.45, 2.75) is 6.92 Å². The Morgan fingerprint density at radius 2 is 1.73 bits per heavy atom. The fraction of sp³-hybridized carbons (Fsp3) is 0.158. The number of carbonyl (C=O) groups excluding carboxylic acids is 2. The Bertz CT molecular complexity index is 1040. The molecule has 0 fully saturated rings. The number of ether oxygens (including phenoxy) is 1. The molecule has 7 nitrogen and oxygen atoms in total. The summed E-state index contributed by atoms with van der Waals surface area (Å²) in [5.41, 5.74) is 0.784. The molecule has 0 aliphatic carbocycles. The topological polar surface area (TPSA) is 90.3 Å². The van der Waals surface area contributed by atoms with Gasteiger partial charge in [0.25, 0.3) is 11.5 Å². The van der Waals surface area contributed by atoms with E-state index in [-0.39, 0.29) is 11.3 Å². The third kappa shape index (κ3) is 3.32. The summed E-state index contributed by atoms with van der Waals surface area (Å²) >= 11 is 0. The van der Waals surface area contributed by atoms with Gasteiger partial charge in [0, 0.05) is 18.1 Å². The minimum absolute atomic E-state index is 0.150. The number of hydrogen-bond acceptors (Lipinski definition) is 5. The summed E-state index contributed by atoms with van der Waals surface area (Å²) in [6, 6.07) is 13.2. The maximum atomic E-state index is 12.6. The van der Waals surface area contributed by atoms with Gasteiger partial charge < -0.3 is 10.1 Å². The van der Waals surface area contributed by atoms with Crippen LogP contribution in [0.4, 0.5) is 5.69 Å². The summed E-state index contributed by atoms with van der Waals surface area (Å²) in [5, 5.41) is 7.72. The monoisotopic (exact) mass is 351 g/mol. The number of anilines is 1. The fourth-order valence-electron chi connectivity index (χ4n) is 2.56. The molecule has 0 aliphatic heterocycles. The van der Waals surface area contributed by atoms with Crippen LogP contribution in [0.2, 0.25) is 0 Å². The summed E-state index contributed by atoms with van der Waals surface area (Å²) < 4.78 is 6.06. The van der Waals surface area contributed by atoms with Gasteiger partial charge in [-0.15, -0.1) is 0 Å². The summed E-state index contributed by atoms with van der Waals surface area (Å²) in [6.07, 6.45) is 0. The van der Waals surface area contributed by atoms with E-state index in [4.69, 9.17) is 4.74 Å². The maximum Gasteiger partial charge on any atom is 0.338 e. The zero-order chi connectivity index (χ0) is 18.7. The number of amides is 1. The minimum atomic E-state index is -0.444. The van der Waals surface area contributed by atoms with Gasteiger partial charge in [-0.3, -0.25) is 9.59 Å². The molecule has 1 aromatic heterocycles. The van der Waals surface area contributed by atoms with Gasteiger partial charge in [0.2, 0.25) is 0 Å². The molecule has 3 aromatic rings. The molecule has 0 bridgehead atoms. The number of nitrogens with zero attached hydrogens (tertiary/aromatic N) is 2. The Hall–Kier alpha value is -3.48. The second kappa shape index (κ2) is 7.18. The van der Waals surface area contributed by atoms with Crippen molar-refractivity contribution in [3.05, 3.63) is 70.1 Å². The molecule has 0 saturated carbocycles. The van der Waals surface area contributed by atoms with Crippen LogP contribution in [-0.2, 0) is 11.8 Å². The largest absolute Gasteiger partial charge is 0.462 e. The van der Waals surface area contributed by atoms with E-state index in [0.29, 0.717) is 28.6 Å². The maximum absolute atomic E-state index is 12.6. The average molecular weight is 351 g/mol. The van der Waals surface area contributed by atoms with Crippen molar-refractivity contribution in [2.75, 3.05) is 11.9 Å². The minimum Gasteiger partial charge on any atom is -0.462 e. The second-order valence-electron chi connectivity index (χ2n) is 5.57. The van der Waals surface area contributed by atoms with E-state index in [9.17, 15) is 14.4 Å². The number of esters is 1. The molecule has 7 heteroatoms. The van der Waals surface area contributed by atoms with E-state index >= 15 is 0 Å². The molecular weight excluding hydrogens is 334 g/mol. The van der Waals surface area contributed by atoms with Crippen molar-refractivity contribution in [1.82, 2.24) is 9.78 Å². The Kier molecular flexibility index (Phi) is 4.79. The molecule has 132 valence electrons. The molecule has 0 unspecified atom stereocenters. The molecule has 0 saturated heterocycles. The average Bonchev–Trinajstić information content (AvgIpc) is 2.65. The Balaban J connectivity index is 1.89. The molecule has 1 N–H and O–H groups in total. The number of benzene rings is 2. The smallest absolute Gasteiger partial charge is 0.338 e. The van der Waals surface area contributed by atoms with E-state index in [2.05, 4.69) is 10.4 Å². The number of aryl methyl sites for hydroxylation is 1. The van der Waals surface area contributed by atoms with E-state index in [1.807, 2.05) is 0 Å². The summed E-state index contributed by atoms with van der Waals surface area (Å²) in [6.45, 7) is 2.03. The highest BCUT2D eigenvalue weighted by molar-refractivity contribution is 6.11. The standard InChI is InChI=1S/C19H17N3O4/c1-3-26-19(25)12-8-10-13(11-9-12)20-17(23)16-14-6-4-5-7-15(14)18(24)22(2)21-16/h4-11H,3H2,1-2H3,(H,20,23). The lowest BCUT2D eigenvalue weighted by Crippen LogP contribution is -2.25. The van der Waals surface area contributed by atoms with Crippen LogP contribution in [0.5, 0.6) is 0 Å². The molecular formula is C19H17N3O4. The van der Waals surface area contributed by atoms with Gasteiger partial charge in [0.15, 0.2) is 5.69 Å². The number of fused-ring (bicyclic) bond motifs is 1. The highest BCUT2D eigenvalue weighted by atomic mass is 16.5. The van der Waals surface area contributed by atoms with Gasteiger partial charge in [-0.05, 0) is 37.3 Å². The Morgan fingerprint density at radius 3 is 2.38 bits per heavy atom. The number of rotatable bonds is 4. The lowest BCUT2D eigenvalue weighted by atomic mass is 10.1. The van der Waals surface area contributed by atoms with Gasteiger partial charge in [0.1, 0.15) is 0 Å². The third-order valence-electron chi connectivity index (χ3n) is 3.83. The van der Waals surface area contributed by atoms with Crippen LogP contribution < -0.4 is 10.9 Å². The van der Waals surface area contributed by atoms with E-state index in [1.165, 1.54) is 7.05 Å². The number of carbonyl (C=O) groups is 2. The van der Waals surface area contributed by atoms with Crippen molar-refractivity contribution >= 4 is 28.3 Å². The number of nitrogens with one attached hydrogen (secondary N) is 1. The number of hydrogen-bond donors (Lipinski definition) is 1. The molecule has 0 atom stereocenters. The molecule has 3 rings (SSSR count). The van der Waals surface area contributed by atoms with Gasteiger partial charge in [-0.1, -0.05) is 18.2 Å². The first-order valence-electron chi connectivity index (χ1n) is 8.06. The normalized spacial score (nSPS) is 10.5. The van der Waals surface area contributed by atoms with Gasteiger partial charge >= 0.3 is 5.97 Å². The molecule has 0 aliphatic rings. The predicted octanol–water partition coefficient (Wildman–Crippen LogP) is 2.36. The first-order valence-corrected chi connectivity index (χ1v) is 8.06. The number of aromatic nitrogens is 2. The van der Waals surface area contributed by atoms with Crippen LogP contribution in [0.25, 0.3) is 10.8 Å². The summed E-state index contributed by atoms with van der Waals surface area (Å²) in [5.74, 6) is -0.864.